The van der Waals surface area contributed by atoms with E-state index in [-0.39, 0.29) is 5.91 Å². The van der Waals surface area contributed by atoms with Gasteiger partial charge < -0.3 is 5.32 Å². The lowest BCUT2D eigenvalue weighted by Crippen LogP contribution is -2.22. The highest BCUT2D eigenvalue weighted by Crippen LogP contribution is 2.15. The molecule has 0 unspecified atom stereocenters. The molecule has 0 atom stereocenters. The second-order valence-corrected chi connectivity index (χ2v) is 5.42. The van der Waals surface area contributed by atoms with Crippen molar-refractivity contribution >= 4 is 17.5 Å². The van der Waals surface area contributed by atoms with Crippen LogP contribution in [0, 0.1) is 0 Å². The summed E-state index contributed by atoms with van der Waals surface area (Å²) in [5.41, 5.74) is 3.21. The number of rotatable bonds is 4. The van der Waals surface area contributed by atoms with Crippen molar-refractivity contribution in [3.8, 4) is 11.3 Å². The van der Waals surface area contributed by atoms with E-state index in [1.54, 1.807) is 36.8 Å². The number of hydrogen-bond acceptors (Lipinski definition) is 3. The third-order valence-corrected chi connectivity index (χ3v) is 3.60. The van der Waals surface area contributed by atoms with Crippen LogP contribution in [-0.4, -0.2) is 15.9 Å². The topological polar surface area (TPSA) is 54.9 Å². The summed E-state index contributed by atoms with van der Waals surface area (Å²) in [5.74, 6) is -0.162. The molecule has 2 heterocycles. The van der Waals surface area contributed by atoms with Crippen LogP contribution in [0.3, 0.4) is 0 Å². The number of carbonyl (C=O) groups is 1. The fraction of sp³-hybridized carbons (Fsp3) is 0.0556. The number of nitrogens with one attached hydrogen (secondary N) is 1. The quantitative estimate of drug-likeness (QED) is 0.796. The van der Waals surface area contributed by atoms with Crippen LogP contribution in [0.25, 0.3) is 11.3 Å². The van der Waals surface area contributed by atoms with Gasteiger partial charge in [-0.15, -0.1) is 0 Å². The normalized spacial score (nSPS) is 10.3. The highest BCUT2D eigenvalue weighted by atomic mass is 35.5. The highest BCUT2D eigenvalue weighted by molar-refractivity contribution is 6.30. The van der Waals surface area contributed by atoms with Crippen molar-refractivity contribution < 1.29 is 4.79 Å². The molecule has 3 aromatic rings. The minimum Gasteiger partial charge on any atom is -0.348 e. The molecular formula is C18H14ClN3O. The minimum atomic E-state index is -0.162. The maximum atomic E-state index is 12.1. The first-order chi connectivity index (χ1) is 11.2. The molecule has 0 bridgehead atoms. The van der Waals surface area contributed by atoms with E-state index in [0.717, 1.165) is 16.8 Å². The molecule has 2 aromatic heterocycles. The number of nitrogens with zero attached hydrogens (tertiary/aromatic N) is 2. The van der Waals surface area contributed by atoms with Gasteiger partial charge >= 0.3 is 0 Å². The van der Waals surface area contributed by atoms with E-state index >= 15 is 0 Å². The summed E-state index contributed by atoms with van der Waals surface area (Å²) in [4.78, 5) is 20.5. The van der Waals surface area contributed by atoms with E-state index < -0.39 is 0 Å². The zero-order valence-electron chi connectivity index (χ0n) is 12.2. The Labute approximate surface area is 139 Å². The van der Waals surface area contributed by atoms with Gasteiger partial charge in [0.05, 0.1) is 11.3 Å². The Kier molecular flexibility index (Phi) is 4.64. The molecule has 0 aliphatic rings. The number of hydrogen-bond donors (Lipinski definition) is 1. The van der Waals surface area contributed by atoms with Crippen LogP contribution >= 0.6 is 11.6 Å². The monoisotopic (exact) mass is 323 g/mol. The van der Waals surface area contributed by atoms with Crippen molar-refractivity contribution in [3.63, 3.8) is 0 Å². The molecule has 0 aliphatic heterocycles. The molecule has 1 amide bonds. The minimum absolute atomic E-state index is 0.162. The van der Waals surface area contributed by atoms with Gasteiger partial charge in [0, 0.05) is 35.7 Å². The molecule has 4 nitrogen and oxygen atoms in total. The summed E-state index contributed by atoms with van der Waals surface area (Å²) in [5, 5.41) is 3.54. The molecule has 5 heteroatoms. The number of amides is 1. The first-order valence-corrected chi connectivity index (χ1v) is 7.49. The predicted octanol–water partition coefficient (Wildman–Crippen LogP) is 3.73. The molecule has 0 radical (unpaired) electrons. The van der Waals surface area contributed by atoms with E-state index in [2.05, 4.69) is 15.3 Å². The van der Waals surface area contributed by atoms with Crippen LogP contribution in [0.15, 0.2) is 67.1 Å². The molecule has 1 aromatic carbocycles. The van der Waals surface area contributed by atoms with Gasteiger partial charge in [0.15, 0.2) is 0 Å². The molecule has 0 fully saturated rings. The number of aromatic nitrogens is 2. The number of halogens is 1. The van der Waals surface area contributed by atoms with E-state index in [1.165, 1.54) is 0 Å². The molecular weight excluding hydrogens is 310 g/mol. The predicted molar refractivity (Wildman–Crippen MR) is 90.1 cm³/mol. The average molecular weight is 324 g/mol. The van der Waals surface area contributed by atoms with E-state index in [1.807, 2.05) is 30.3 Å². The Hall–Kier alpha value is -2.72. The van der Waals surface area contributed by atoms with Gasteiger partial charge in [0.25, 0.3) is 5.91 Å². The van der Waals surface area contributed by atoms with Crippen LogP contribution in [0.5, 0.6) is 0 Å². The Bertz CT molecular complexity index is 787. The van der Waals surface area contributed by atoms with Gasteiger partial charge in [-0.3, -0.25) is 14.8 Å². The largest absolute Gasteiger partial charge is 0.348 e. The first kappa shape index (κ1) is 15.2. The summed E-state index contributed by atoms with van der Waals surface area (Å²) < 4.78 is 0. The Morgan fingerprint density at radius 3 is 2.52 bits per heavy atom. The third kappa shape index (κ3) is 3.93. The number of pyridine rings is 2. The van der Waals surface area contributed by atoms with Gasteiger partial charge in [-0.2, -0.15) is 0 Å². The number of carbonyl (C=O) groups excluding carboxylic acids is 1. The Balaban J connectivity index is 1.65. The molecule has 23 heavy (non-hydrogen) atoms. The Morgan fingerprint density at radius 1 is 1.04 bits per heavy atom. The van der Waals surface area contributed by atoms with Crippen molar-refractivity contribution in [2.24, 2.45) is 0 Å². The number of benzene rings is 1. The summed E-state index contributed by atoms with van der Waals surface area (Å²) in [6, 6.07) is 14.7. The van der Waals surface area contributed by atoms with Crippen molar-refractivity contribution in [2.45, 2.75) is 6.54 Å². The second kappa shape index (κ2) is 7.03. The lowest BCUT2D eigenvalue weighted by atomic mass is 10.1. The van der Waals surface area contributed by atoms with E-state index in [9.17, 15) is 4.79 Å². The fourth-order valence-corrected chi connectivity index (χ4v) is 2.23. The summed E-state index contributed by atoms with van der Waals surface area (Å²) in [6.07, 6.45) is 5.02. The van der Waals surface area contributed by atoms with Crippen LogP contribution in [0.4, 0.5) is 0 Å². The maximum absolute atomic E-state index is 12.1. The summed E-state index contributed by atoms with van der Waals surface area (Å²) >= 11 is 5.84. The summed E-state index contributed by atoms with van der Waals surface area (Å²) in [6.45, 7) is 0.445. The molecule has 0 saturated heterocycles. The van der Waals surface area contributed by atoms with Gasteiger partial charge in [0.2, 0.25) is 0 Å². The third-order valence-electron chi connectivity index (χ3n) is 3.35. The van der Waals surface area contributed by atoms with Crippen molar-refractivity contribution in [1.29, 1.82) is 0 Å². The smallest absolute Gasteiger partial charge is 0.253 e. The van der Waals surface area contributed by atoms with Crippen molar-refractivity contribution in [1.82, 2.24) is 15.3 Å². The van der Waals surface area contributed by atoms with E-state index in [4.69, 9.17) is 11.6 Å². The molecule has 0 aliphatic carbocycles. The highest BCUT2D eigenvalue weighted by Gasteiger charge is 2.07. The zero-order chi connectivity index (χ0) is 16.1. The Morgan fingerprint density at radius 2 is 1.87 bits per heavy atom. The molecule has 1 N–H and O–H groups in total. The fourth-order valence-electron chi connectivity index (χ4n) is 2.10. The van der Waals surface area contributed by atoms with Crippen molar-refractivity contribution in [3.05, 3.63) is 83.3 Å². The van der Waals surface area contributed by atoms with Crippen LogP contribution in [-0.2, 0) is 6.54 Å². The standard InChI is InChI=1S/C18H14ClN3O/c19-16-6-3-13(4-7-16)10-22-18(23)15-5-8-17(21-12-15)14-2-1-9-20-11-14/h1-9,11-12H,10H2,(H,22,23). The molecule has 3 rings (SSSR count). The second-order valence-electron chi connectivity index (χ2n) is 4.98. The van der Waals surface area contributed by atoms with Gasteiger partial charge in [-0.1, -0.05) is 23.7 Å². The molecule has 114 valence electrons. The summed E-state index contributed by atoms with van der Waals surface area (Å²) in [7, 11) is 0. The van der Waals surface area contributed by atoms with Gasteiger partial charge in [-0.25, -0.2) is 0 Å². The van der Waals surface area contributed by atoms with Gasteiger partial charge in [-0.05, 0) is 42.0 Å². The SMILES string of the molecule is O=C(NCc1ccc(Cl)cc1)c1ccc(-c2cccnc2)nc1. The van der Waals surface area contributed by atoms with Crippen LogP contribution < -0.4 is 5.32 Å². The molecule has 0 spiro atoms. The lowest BCUT2D eigenvalue weighted by Gasteiger charge is -2.06. The molecule has 0 saturated carbocycles. The van der Waals surface area contributed by atoms with Crippen LogP contribution in [0.2, 0.25) is 5.02 Å². The van der Waals surface area contributed by atoms with Crippen molar-refractivity contribution in [2.75, 3.05) is 0 Å². The lowest BCUT2D eigenvalue weighted by molar-refractivity contribution is 0.0950. The first-order valence-electron chi connectivity index (χ1n) is 7.11. The van der Waals surface area contributed by atoms with E-state index in [0.29, 0.717) is 17.1 Å². The zero-order valence-corrected chi connectivity index (χ0v) is 13.0. The maximum Gasteiger partial charge on any atom is 0.253 e. The average Bonchev–Trinajstić information content (AvgIpc) is 2.62. The van der Waals surface area contributed by atoms with Crippen LogP contribution in [0.1, 0.15) is 15.9 Å². The van der Waals surface area contributed by atoms with Gasteiger partial charge in [0.1, 0.15) is 0 Å².